The van der Waals surface area contributed by atoms with Gasteiger partial charge < -0.3 is 10.8 Å². The molecule has 1 aromatic rings. The van der Waals surface area contributed by atoms with Crippen molar-refractivity contribution in [1.82, 2.24) is 0 Å². The van der Waals surface area contributed by atoms with Gasteiger partial charge in [0.15, 0.2) is 23.3 Å². The highest BCUT2D eigenvalue weighted by Gasteiger charge is 2.29. The Hall–Kier alpha value is -1.70. The van der Waals surface area contributed by atoms with Gasteiger partial charge in [0.25, 0.3) is 0 Å². The molecule has 0 saturated carbocycles. The fourth-order valence-corrected chi connectivity index (χ4v) is 1.24. The lowest BCUT2D eigenvalue weighted by Crippen LogP contribution is -2.20. The number of carboxylic acids is 1. The summed E-state index contributed by atoms with van der Waals surface area (Å²) in [6, 6.07) is -1.82. The lowest BCUT2D eigenvalue weighted by molar-refractivity contribution is -0.137. The zero-order valence-corrected chi connectivity index (χ0v) is 8.11. The summed E-state index contributed by atoms with van der Waals surface area (Å²) < 4.78 is 64.3. The van der Waals surface area contributed by atoms with Crippen molar-refractivity contribution in [1.29, 1.82) is 0 Å². The summed E-state index contributed by atoms with van der Waals surface area (Å²) >= 11 is 0. The number of rotatable bonds is 3. The van der Waals surface area contributed by atoms with Gasteiger partial charge in [-0.3, -0.25) is 4.79 Å². The summed E-state index contributed by atoms with van der Waals surface area (Å²) in [5, 5.41) is 8.33. The van der Waals surface area contributed by atoms with Crippen LogP contribution in [0.2, 0.25) is 0 Å². The third-order valence-electron chi connectivity index (χ3n) is 2.01. The van der Waals surface area contributed by atoms with Crippen LogP contribution in [0, 0.1) is 29.1 Å². The predicted molar refractivity (Wildman–Crippen MR) is 45.4 cm³/mol. The van der Waals surface area contributed by atoms with Gasteiger partial charge in [-0.2, -0.15) is 0 Å². The third-order valence-corrected chi connectivity index (χ3v) is 2.01. The Morgan fingerprint density at radius 2 is 1.35 bits per heavy atom. The van der Waals surface area contributed by atoms with E-state index in [0.29, 0.717) is 0 Å². The topological polar surface area (TPSA) is 63.3 Å². The van der Waals surface area contributed by atoms with E-state index in [0.717, 1.165) is 0 Å². The Morgan fingerprint density at radius 3 is 1.71 bits per heavy atom. The molecule has 94 valence electrons. The minimum Gasteiger partial charge on any atom is -0.481 e. The molecule has 0 amide bonds. The quantitative estimate of drug-likeness (QED) is 0.492. The fraction of sp³-hybridized carbons (Fsp3) is 0.222. The maximum Gasteiger partial charge on any atom is 0.305 e. The molecule has 0 unspecified atom stereocenters. The molecular weight excluding hydrogens is 249 g/mol. The van der Waals surface area contributed by atoms with Gasteiger partial charge in [-0.25, -0.2) is 22.0 Å². The third kappa shape index (κ3) is 2.36. The molecule has 0 spiro atoms. The summed E-state index contributed by atoms with van der Waals surface area (Å²) in [6.07, 6.45) is -0.960. The number of hydrogen-bond acceptors (Lipinski definition) is 2. The van der Waals surface area contributed by atoms with Gasteiger partial charge in [-0.15, -0.1) is 0 Å². The van der Waals surface area contributed by atoms with Gasteiger partial charge in [0.1, 0.15) is 0 Å². The van der Waals surface area contributed by atoms with Crippen molar-refractivity contribution in [3.8, 4) is 0 Å². The highest BCUT2D eigenvalue weighted by molar-refractivity contribution is 5.67. The van der Waals surface area contributed by atoms with E-state index in [1.165, 1.54) is 0 Å². The van der Waals surface area contributed by atoms with E-state index in [1.807, 2.05) is 0 Å². The van der Waals surface area contributed by atoms with E-state index in [4.69, 9.17) is 10.8 Å². The molecule has 3 N–H and O–H groups in total. The number of carbonyl (C=O) groups is 1. The molecule has 8 heteroatoms. The Balaban J connectivity index is 3.38. The van der Waals surface area contributed by atoms with E-state index in [-0.39, 0.29) is 0 Å². The number of hydrogen-bond donors (Lipinski definition) is 2. The Morgan fingerprint density at radius 1 is 1.00 bits per heavy atom. The molecule has 0 bridgehead atoms. The normalized spacial score (nSPS) is 12.6. The standard InChI is InChI=1S/C9H6F5NO2/c10-5-4(2(15)1-3(16)17)6(11)8(13)9(14)7(5)12/h2H,1,15H2,(H,16,17)/t2-/m1/s1. The van der Waals surface area contributed by atoms with Crippen molar-refractivity contribution in [2.24, 2.45) is 5.73 Å². The highest BCUT2D eigenvalue weighted by Crippen LogP contribution is 2.27. The molecule has 0 aliphatic rings. The highest BCUT2D eigenvalue weighted by atomic mass is 19.2. The van der Waals surface area contributed by atoms with Crippen LogP contribution < -0.4 is 5.73 Å². The summed E-state index contributed by atoms with van der Waals surface area (Å²) in [7, 11) is 0. The van der Waals surface area contributed by atoms with Gasteiger partial charge in [-0.1, -0.05) is 0 Å². The molecule has 0 fully saturated rings. The van der Waals surface area contributed by atoms with Crippen LogP contribution in [0.25, 0.3) is 0 Å². The molecule has 0 heterocycles. The molecule has 17 heavy (non-hydrogen) atoms. The predicted octanol–water partition coefficient (Wildman–Crippen LogP) is 1.86. The summed E-state index contributed by atoms with van der Waals surface area (Å²) in [5.41, 5.74) is 3.74. The first-order valence-corrected chi connectivity index (χ1v) is 4.26. The molecule has 1 rings (SSSR count). The van der Waals surface area contributed by atoms with E-state index in [1.54, 1.807) is 0 Å². The van der Waals surface area contributed by atoms with Crippen LogP contribution in [-0.2, 0) is 4.79 Å². The van der Waals surface area contributed by atoms with Gasteiger partial charge in [0, 0.05) is 11.6 Å². The largest absolute Gasteiger partial charge is 0.481 e. The SMILES string of the molecule is N[C@H](CC(=O)O)c1c(F)c(F)c(F)c(F)c1F. The van der Waals surface area contributed by atoms with Gasteiger partial charge in [0.05, 0.1) is 6.42 Å². The van der Waals surface area contributed by atoms with Gasteiger partial charge in [0.2, 0.25) is 5.82 Å². The van der Waals surface area contributed by atoms with Gasteiger partial charge in [-0.05, 0) is 0 Å². The van der Waals surface area contributed by atoms with Crippen LogP contribution in [-0.4, -0.2) is 11.1 Å². The molecule has 0 radical (unpaired) electrons. The van der Waals surface area contributed by atoms with Crippen molar-refractivity contribution in [2.75, 3.05) is 0 Å². The number of halogens is 5. The molecule has 0 aliphatic heterocycles. The molecule has 0 saturated heterocycles. The number of carboxylic acid groups (broad SMARTS) is 1. The van der Waals surface area contributed by atoms with Crippen LogP contribution >= 0.6 is 0 Å². The monoisotopic (exact) mass is 255 g/mol. The number of benzene rings is 1. The molecular formula is C9H6F5NO2. The zero-order valence-electron chi connectivity index (χ0n) is 8.11. The smallest absolute Gasteiger partial charge is 0.305 e. The average molecular weight is 255 g/mol. The molecule has 1 atom stereocenters. The molecule has 3 nitrogen and oxygen atoms in total. The van der Waals surface area contributed by atoms with Gasteiger partial charge >= 0.3 is 5.97 Å². The van der Waals surface area contributed by atoms with Crippen LogP contribution in [0.1, 0.15) is 18.0 Å². The van der Waals surface area contributed by atoms with E-state index < -0.39 is 53.1 Å². The van der Waals surface area contributed by atoms with Crippen molar-refractivity contribution in [3.05, 3.63) is 34.6 Å². The van der Waals surface area contributed by atoms with Crippen molar-refractivity contribution < 1.29 is 31.9 Å². The van der Waals surface area contributed by atoms with Crippen molar-refractivity contribution >= 4 is 5.97 Å². The first-order valence-electron chi connectivity index (χ1n) is 4.26. The average Bonchev–Trinajstić information content (AvgIpc) is 2.23. The summed E-state index contributed by atoms with van der Waals surface area (Å²) in [5.74, 6) is -12.4. The van der Waals surface area contributed by atoms with Crippen molar-refractivity contribution in [3.63, 3.8) is 0 Å². The second kappa shape index (κ2) is 4.66. The second-order valence-electron chi connectivity index (χ2n) is 3.19. The Kier molecular flexibility index (Phi) is 3.66. The summed E-state index contributed by atoms with van der Waals surface area (Å²) in [4.78, 5) is 10.3. The first kappa shape index (κ1) is 13.4. The minimum atomic E-state index is -2.31. The summed E-state index contributed by atoms with van der Waals surface area (Å²) in [6.45, 7) is 0. The van der Waals surface area contributed by atoms with E-state index in [9.17, 15) is 26.7 Å². The molecule has 1 aromatic carbocycles. The minimum absolute atomic E-state index is 0.960. The van der Waals surface area contributed by atoms with Crippen LogP contribution in [0.4, 0.5) is 22.0 Å². The first-order chi connectivity index (χ1) is 7.77. The molecule has 0 aliphatic carbocycles. The lowest BCUT2D eigenvalue weighted by Gasteiger charge is -2.13. The number of aliphatic carboxylic acids is 1. The Labute approximate surface area is 91.6 Å². The fourth-order valence-electron chi connectivity index (χ4n) is 1.24. The second-order valence-corrected chi connectivity index (χ2v) is 3.19. The van der Waals surface area contributed by atoms with Crippen molar-refractivity contribution in [2.45, 2.75) is 12.5 Å². The van der Waals surface area contributed by atoms with E-state index >= 15 is 0 Å². The Bertz CT molecular complexity index is 448. The number of nitrogens with two attached hydrogens (primary N) is 1. The van der Waals surface area contributed by atoms with Crippen LogP contribution in [0.5, 0.6) is 0 Å². The molecule has 0 aromatic heterocycles. The lowest BCUT2D eigenvalue weighted by atomic mass is 10.0. The maximum atomic E-state index is 13.1. The zero-order chi connectivity index (χ0) is 13.3. The maximum absolute atomic E-state index is 13.1. The van der Waals surface area contributed by atoms with Crippen LogP contribution in [0.15, 0.2) is 0 Å². The van der Waals surface area contributed by atoms with E-state index in [2.05, 4.69) is 0 Å². The van der Waals surface area contributed by atoms with Crippen LogP contribution in [0.3, 0.4) is 0 Å².